The second-order valence-electron chi connectivity index (χ2n) is 15.0. The third-order valence-electron chi connectivity index (χ3n) is 10.8. The van der Waals surface area contributed by atoms with Crippen molar-refractivity contribution in [1.29, 1.82) is 0 Å². The van der Waals surface area contributed by atoms with E-state index in [4.69, 9.17) is 14.6 Å². The first-order chi connectivity index (χ1) is 22.2. The van der Waals surface area contributed by atoms with Gasteiger partial charge in [-0.05, 0) is 71.6 Å². The number of anilines is 1. The molecule has 47 heavy (non-hydrogen) atoms. The number of H-pyrrole nitrogens is 1. The molecule has 2 saturated heterocycles. The van der Waals surface area contributed by atoms with Crippen molar-refractivity contribution < 1.29 is 27.8 Å². The number of fused-ring (bicyclic) bond motifs is 3. The maximum absolute atomic E-state index is 14.9. The van der Waals surface area contributed by atoms with E-state index in [-0.39, 0.29) is 24.3 Å². The average Bonchev–Trinajstić information content (AvgIpc) is 3.40. The summed E-state index contributed by atoms with van der Waals surface area (Å²) in [5.74, 6) is -3.41. The van der Waals surface area contributed by atoms with Gasteiger partial charge in [0.2, 0.25) is 5.91 Å². The molecule has 2 aromatic heterocycles. The Hall–Kier alpha value is -3.51. The predicted molar refractivity (Wildman–Crippen MR) is 175 cm³/mol. The van der Waals surface area contributed by atoms with Crippen LogP contribution in [0.3, 0.4) is 0 Å². The molecule has 1 saturated carbocycles. The number of nitrogens with one attached hydrogen (secondary N) is 1. The summed E-state index contributed by atoms with van der Waals surface area (Å²) in [4.78, 5) is 35.0. The van der Waals surface area contributed by atoms with Crippen LogP contribution in [0.1, 0.15) is 71.4 Å². The van der Waals surface area contributed by atoms with Crippen LogP contribution < -0.4 is 4.90 Å². The average molecular weight is 653 g/mol. The molecule has 7 rings (SSSR count). The first-order valence-electron chi connectivity index (χ1n) is 16.9. The monoisotopic (exact) mass is 652 g/mol. The number of hydrogen-bond acceptors (Lipinski definition) is 6. The molecular formula is C35H46F2N6O4. The fraction of sp³-hybridized carbons (Fsp3) is 0.629. The van der Waals surface area contributed by atoms with Crippen LogP contribution in [0.15, 0.2) is 24.3 Å². The van der Waals surface area contributed by atoms with E-state index in [0.717, 1.165) is 52.8 Å². The highest BCUT2D eigenvalue weighted by Crippen LogP contribution is 2.70. The van der Waals surface area contributed by atoms with Crippen molar-refractivity contribution in [3.63, 3.8) is 0 Å². The van der Waals surface area contributed by atoms with Gasteiger partial charge in [0.25, 0.3) is 5.92 Å². The van der Waals surface area contributed by atoms with Crippen LogP contribution in [0.2, 0.25) is 0 Å². The van der Waals surface area contributed by atoms with Crippen LogP contribution in [0.25, 0.3) is 22.3 Å². The molecule has 2 aliphatic heterocycles. The summed E-state index contributed by atoms with van der Waals surface area (Å²) in [5, 5.41) is 5.97. The van der Waals surface area contributed by atoms with Gasteiger partial charge in [0, 0.05) is 85.4 Å². The van der Waals surface area contributed by atoms with Gasteiger partial charge in [-0.25, -0.2) is 18.3 Å². The molecule has 0 spiro atoms. The number of halogens is 2. The first kappa shape index (κ1) is 32.1. The van der Waals surface area contributed by atoms with E-state index in [0.29, 0.717) is 51.3 Å². The van der Waals surface area contributed by atoms with Gasteiger partial charge in [0.15, 0.2) is 0 Å². The van der Waals surface area contributed by atoms with Crippen molar-refractivity contribution in [3.05, 3.63) is 35.5 Å². The molecule has 4 aliphatic rings. The molecule has 2 aliphatic carbocycles. The molecule has 0 radical (unpaired) electrons. The number of amides is 2. The lowest BCUT2D eigenvalue weighted by atomic mass is 9.87. The third-order valence-corrected chi connectivity index (χ3v) is 10.8. The highest BCUT2D eigenvalue weighted by molar-refractivity contribution is 5.99. The number of piperazine rings is 1. The Morgan fingerprint density at radius 1 is 1.15 bits per heavy atom. The molecular weight excluding hydrogens is 606 g/mol. The molecule has 1 N–H and O–H groups in total. The number of aromatic amines is 1. The predicted octanol–water partition coefficient (Wildman–Crippen LogP) is 6.00. The SMILES string of the molecule is CC(C(=O)N(C)c1ccc2cc(-c3nn(C4CCCCO4)c4c3C[C@@H]3C(F)(F)[C@]3(C)C4)[nH]c2c1)N1CCN(C(=O)OC(C)(C)C)CC1. The van der Waals surface area contributed by atoms with E-state index in [2.05, 4.69) is 9.88 Å². The Labute approximate surface area is 274 Å². The number of alkyl halides is 2. The number of hydrogen-bond donors (Lipinski definition) is 1. The van der Waals surface area contributed by atoms with E-state index in [1.165, 1.54) is 0 Å². The van der Waals surface area contributed by atoms with E-state index >= 15 is 0 Å². The van der Waals surface area contributed by atoms with Gasteiger partial charge in [-0.1, -0.05) is 13.0 Å². The van der Waals surface area contributed by atoms with Gasteiger partial charge in [-0.3, -0.25) is 9.69 Å². The zero-order chi connectivity index (χ0) is 33.5. The molecule has 254 valence electrons. The topological polar surface area (TPSA) is 95.9 Å². The van der Waals surface area contributed by atoms with Crippen LogP contribution in [0.5, 0.6) is 0 Å². The fourth-order valence-electron chi connectivity index (χ4n) is 7.73. The summed E-state index contributed by atoms with van der Waals surface area (Å²) >= 11 is 0. The molecule has 2 unspecified atom stereocenters. The lowest BCUT2D eigenvalue weighted by molar-refractivity contribution is -0.123. The summed E-state index contributed by atoms with van der Waals surface area (Å²) in [6, 6.07) is 7.48. The highest BCUT2D eigenvalue weighted by Gasteiger charge is 2.78. The molecule has 12 heteroatoms. The largest absolute Gasteiger partial charge is 0.444 e. The Bertz CT molecular complexity index is 1700. The van der Waals surface area contributed by atoms with E-state index in [1.54, 1.807) is 23.8 Å². The quantitative estimate of drug-likeness (QED) is 0.363. The minimum Gasteiger partial charge on any atom is -0.444 e. The number of likely N-dealkylation sites (N-methyl/N-ethyl adjacent to an activating group) is 1. The molecule has 10 nitrogen and oxygen atoms in total. The van der Waals surface area contributed by atoms with Crippen LogP contribution in [0.4, 0.5) is 19.3 Å². The second-order valence-corrected chi connectivity index (χ2v) is 15.0. The second kappa shape index (κ2) is 11.3. The zero-order valence-corrected chi connectivity index (χ0v) is 28.2. The number of aromatic nitrogens is 3. The lowest BCUT2D eigenvalue weighted by Crippen LogP contribution is -2.55. The summed E-state index contributed by atoms with van der Waals surface area (Å²) in [6.07, 6.45) is 2.85. The van der Waals surface area contributed by atoms with E-state index < -0.39 is 22.9 Å². The van der Waals surface area contributed by atoms with E-state index in [9.17, 15) is 18.4 Å². The fourth-order valence-corrected chi connectivity index (χ4v) is 7.73. The van der Waals surface area contributed by atoms with Crippen LogP contribution in [-0.4, -0.2) is 94.0 Å². The summed E-state index contributed by atoms with van der Waals surface area (Å²) in [5.41, 5.74) is 3.24. The van der Waals surface area contributed by atoms with Gasteiger partial charge in [0.05, 0.1) is 11.7 Å². The molecule has 3 fully saturated rings. The lowest BCUT2D eigenvalue weighted by Gasteiger charge is -2.38. The van der Waals surface area contributed by atoms with Gasteiger partial charge < -0.3 is 24.3 Å². The summed E-state index contributed by atoms with van der Waals surface area (Å²) < 4.78 is 43.3. The number of ether oxygens (including phenoxy) is 2. The zero-order valence-electron chi connectivity index (χ0n) is 28.2. The van der Waals surface area contributed by atoms with Gasteiger partial charge in [-0.15, -0.1) is 0 Å². The number of nitrogens with zero attached hydrogens (tertiary/aromatic N) is 5. The smallest absolute Gasteiger partial charge is 0.410 e. The first-order valence-corrected chi connectivity index (χ1v) is 16.9. The number of rotatable bonds is 5. The van der Waals surface area contributed by atoms with Crippen molar-refractivity contribution in [2.45, 2.75) is 90.5 Å². The van der Waals surface area contributed by atoms with Crippen molar-refractivity contribution >= 4 is 28.6 Å². The van der Waals surface area contributed by atoms with Crippen molar-refractivity contribution in [2.75, 3.05) is 44.7 Å². The van der Waals surface area contributed by atoms with Crippen LogP contribution in [0, 0.1) is 11.3 Å². The Balaban J connectivity index is 1.09. The maximum Gasteiger partial charge on any atom is 0.410 e. The maximum atomic E-state index is 14.9. The van der Waals surface area contributed by atoms with Gasteiger partial charge in [0.1, 0.15) is 17.5 Å². The minimum absolute atomic E-state index is 0.0458. The summed E-state index contributed by atoms with van der Waals surface area (Å²) in [7, 11) is 1.77. The van der Waals surface area contributed by atoms with Gasteiger partial charge >= 0.3 is 6.09 Å². The highest BCUT2D eigenvalue weighted by atomic mass is 19.3. The van der Waals surface area contributed by atoms with Crippen molar-refractivity contribution in [1.82, 2.24) is 24.6 Å². The normalized spacial score (nSPS) is 26.4. The van der Waals surface area contributed by atoms with Crippen molar-refractivity contribution in [2.24, 2.45) is 11.3 Å². The molecule has 0 bridgehead atoms. The minimum atomic E-state index is -2.68. The van der Waals surface area contributed by atoms with Crippen molar-refractivity contribution in [3.8, 4) is 11.4 Å². The van der Waals surface area contributed by atoms with E-state index in [1.807, 2.05) is 56.6 Å². The van der Waals surface area contributed by atoms with Gasteiger partial charge in [-0.2, -0.15) is 5.10 Å². The molecule has 1 aromatic carbocycles. The summed E-state index contributed by atoms with van der Waals surface area (Å²) in [6.45, 7) is 11.9. The molecule has 4 heterocycles. The molecule has 3 aromatic rings. The Kier molecular flexibility index (Phi) is 7.70. The standard InChI is InChI=1S/C35H46F2N6O4/c1-21(41-12-14-42(15-13-41)32(45)47-33(2,3)4)31(44)40(6)23-11-10-22-17-26(38-25(22)18-23)30-24-19-28-34(5,35(28,36)37)20-27(24)43(39-30)29-9-7-8-16-46-29/h10-11,17-18,21,28-29,38H,7-9,12-16,19-20H2,1-6H3/t21?,28-,29?,34+/m0/s1. The third kappa shape index (κ3) is 5.50. The number of carbonyl (C=O) groups excluding carboxylic acids is 2. The van der Waals surface area contributed by atoms with Crippen LogP contribution >= 0.6 is 0 Å². The van der Waals surface area contributed by atoms with Crippen LogP contribution in [-0.2, 0) is 27.1 Å². The Morgan fingerprint density at radius 2 is 1.89 bits per heavy atom. The molecule has 4 atom stereocenters. The number of benzene rings is 1. The number of carbonyl (C=O) groups is 2. The molecule has 2 amide bonds. The Morgan fingerprint density at radius 3 is 2.57 bits per heavy atom.